The lowest BCUT2D eigenvalue weighted by Crippen LogP contribution is -2.32. The summed E-state index contributed by atoms with van der Waals surface area (Å²) < 4.78 is 124. The lowest BCUT2D eigenvalue weighted by atomic mass is 9.95. The fourth-order valence-corrected chi connectivity index (χ4v) is 4.58. The smallest absolute Gasteiger partial charge is 0.266 e. The van der Waals surface area contributed by atoms with E-state index in [0.717, 1.165) is 25.3 Å². The summed E-state index contributed by atoms with van der Waals surface area (Å²) in [5, 5.41) is 0. The van der Waals surface area contributed by atoms with E-state index < -0.39 is 65.0 Å². The molecule has 0 saturated carbocycles. The molecular weight excluding hydrogens is 495 g/mol. The zero-order valence-corrected chi connectivity index (χ0v) is 20.0. The molecule has 0 fully saturated rings. The van der Waals surface area contributed by atoms with Crippen LogP contribution in [0.3, 0.4) is 0 Å². The SMILES string of the molecule is [2H]C([2H])([2H])O[C@@H](C)c1ccc(CS(=O)(=O)NC(=O)c2ccc(C([2H])([2H])[2H])cc2-c2cc(C(F)F)c(F)cc2OC)cc1. The average Bonchev–Trinajstić information content (AvgIpc) is 2.86. The molecule has 0 aliphatic heterocycles. The first kappa shape index (κ1) is 19.8. The first-order chi connectivity index (χ1) is 19.3. The number of halogens is 3. The Morgan fingerprint density at radius 1 is 1.08 bits per heavy atom. The fourth-order valence-electron chi connectivity index (χ4n) is 3.49. The fraction of sp³-hybridized carbons (Fsp3) is 0.269. The Hall–Kier alpha value is -3.37. The molecule has 192 valence electrons. The molecule has 0 aliphatic rings. The van der Waals surface area contributed by atoms with Crippen molar-refractivity contribution in [3.8, 4) is 16.9 Å². The van der Waals surface area contributed by atoms with Crippen molar-refractivity contribution in [1.82, 2.24) is 4.72 Å². The van der Waals surface area contributed by atoms with Crippen molar-refractivity contribution >= 4 is 15.9 Å². The second-order valence-corrected chi connectivity index (χ2v) is 9.55. The minimum absolute atomic E-state index is 0.236. The topological polar surface area (TPSA) is 81.7 Å². The highest BCUT2D eigenvalue weighted by Crippen LogP contribution is 2.37. The van der Waals surface area contributed by atoms with Gasteiger partial charge in [0.1, 0.15) is 11.6 Å². The molecule has 10 heteroatoms. The number of sulfonamides is 1. The van der Waals surface area contributed by atoms with Crippen LogP contribution in [0, 0.1) is 12.7 Å². The van der Waals surface area contributed by atoms with E-state index in [9.17, 15) is 26.4 Å². The lowest BCUT2D eigenvalue weighted by Gasteiger charge is -2.16. The molecule has 0 bridgehead atoms. The largest absolute Gasteiger partial charge is 0.496 e. The van der Waals surface area contributed by atoms with Gasteiger partial charge in [-0.05, 0) is 42.6 Å². The number of amides is 1. The molecule has 0 heterocycles. The minimum atomic E-state index is -4.37. The zero-order valence-electron chi connectivity index (χ0n) is 25.1. The maximum atomic E-state index is 14.2. The summed E-state index contributed by atoms with van der Waals surface area (Å²) in [5.74, 6) is -3.47. The third-order valence-corrected chi connectivity index (χ3v) is 6.55. The van der Waals surface area contributed by atoms with Crippen LogP contribution in [-0.2, 0) is 20.5 Å². The van der Waals surface area contributed by atoms with E-state index in [1.165, 1.54) is 31.2 Å². The van der Waals surface area contributed by atoms with Gasteiger partial charge in [0, 0.05) is 28.3 Å². The Balaban J connectivity index is 1.97. The van der Waals surface area contributed by atoms with Gasteiger partial charge in [-0.25, -0.2) is 26.3 Å². The van der Waals surface area contributed by atoms with Gasteiger partial charge in [0.2, 0.25) is 10.0 Å². The van der Waals surface area contributed by atoms with Crippen molar-refractivity contribution in [2.45, 2.75) is 32.1 Å². The Morgan fingerprint density at radius 2 is 1.81 bits per heavy atom. The monoisotopic (exact) mass is 527 g/mol. The molecule has 1 N–H and O–H groups in total. The van der Waals surface area contributed by atoms with Crippen LogP contribution >= 0.6 is 0 Å². The first-order valence-electron chi connectivity index (χ1n) is 13.4. The summed E-state index contributed by atoms with van der Waals surface area (Å²) in [6.45, 7) is -1.18. The van der Waals surface area contributed by atoms with Crippen molar-refractivity contribution in [3.63, 3.8) is 0 Å². The summed E-state index contributed by atoms with van der Waals surface area (Å²) in [7, 11) is -5.89. The van der Waals surface area contributed by atoms with Crippen LogP contribution in [0.1, 0.15) is 60.3 Å². The minimum Gasteiger partial charge on any atom is -0.496 e. The number of methoxy groups -OCH3 is 2. The highest BCUT2D eigenvalue weighted by Gasteiger charge is 2.24. The van der Waals surface area contributed by atoms with Gasteiger partial charge in [-0.15, -0.1) is 0 Å². The molecule has 0 radical (unpaired) electrons. The van der Waals surface area contributed by atoms with Crippen LogP contribution in [0.2, 0.25) is 0 Å². The number of hydrogen-bond acceptors (Lipinski definition) is 5. The molecule has 0 spiro atoms. The number of hydrogen-bond donors (Lipinski definition) is 1. The third-order valence-electron chi connectivity index (χ3n) is 5.34. The van der Waals surface area contributed by atoms with Crippen molar-refractivity contribution in [1.29, 1.82) is 0 Å². The van der Waals surface area contributed by atoms with E-state index >= 15 is 0 Å². The summed E-state index contributed by atoms with van der Waals surface area (Å²) >= 11 is 0. The molecule has 0 unspecified atom stereocenters. The number of benzene rings is 3. The second kappa shape index (κ2) is 11.1. The first-order valence-corrected chi connectivity index (χ1v) is 12.1. The molecule has 1 atom stereocenters. The van der Waals surface area contributed by atoms with Crippen molar-refractivity contribution in [2.75, 3.05) is 14.1 Å². The van der Waals surface area contributed by atoms with Crippen LogP contribution in [0.4, 0.5) is 13.2 Å². The average molecular weight is 528 g/mol. The molecule has 3 rings (SSSR count). The van der Waals surface area contributed by atoms with Crippen LogP contribution in [0.15, 0.2) is 54.6 Å². The maximum absolute atomic E-state index is 14.2. The molecule has 3 aromatic rings. The summed E-state index contributed by atoms with van der Waals surface area (Å²) in [6, 6.07) is 10.2. The van der Waals surface area contributed by atoms with Gasteiger partial charge in [0.05, 0.1) is 28.6 Å². The van der Waals surface area contributed by atoms with E-state index in [-0.39, 0.29) is 28.0 Å². The quantitative estimate of drug-likeness (QED) is 0.385. The van der Waals surface area contributed by atoms with Crippen LogP contribution in [-0.4, -0.2) is 28.5 Å². The molecule has 0 aromatic heterocycles. The van der Waals surface area contributed by atoms with Gasteiger partial charge < -0.3 is 9.47 Å². The standard InChI is InChI=1S/C26H26F3NO5S/c1-15-5-10-19(20(11-15)21-12-22(25(28)29)23(27)13-24(21)35-4)26(31)30-36(32,33)14-17-6-8-18(9-7-17)16(2)34-3/h5-13,16,25H,14H2,1-4H3,(H,30,31)/t16-/m0/s1/i1D3,3D3. The van der Waals surface area contributed by atoms with Gasteiger partial charge in [-0.1, -0.05) is 42.0 Å². The number of carbonyl (C=O) groups excluding carboxylic acids is 1. The number of ether oxygens (including phenoxy) is 2. The van der Waals surface area contributed by atoms with E-state index in [1.54, 1.807) is 0 Å². The Bertz CT molecular complexity index is 1560. The van der Waals surface area contributed by atoms with Crippen molar-refractivity contribution in [3.05, 3.63) is 88.2 Å². The number of alkyl halides is 2. The van der Waals surface area contributed by atoms with Crippen LogP contribution in [0.5, 0.6) is 5.75 Å². The van der Waals surface area contributed by atoms with Gasteiger partial charge in [0.15, 0.2) is 0 Å². The van der Waals surface area contributed by atoms with Gasteiger partial charge in [-0.3, -0.25) is 4.79 Å². The normalized spacial score (nSPS) is 15.6. The van der Waals surface area contributed by atoms with E-state index in [0.29, 0.717) is 17.7 Å². The Morgan fingerprint density at radius 3 is 2.42 bits per heavy atom. The van der Waals surface area contributed by atoms with E-state index in [1.807, 2.05) is 4.72 Å². The highest BCUT2D eigenvalue weighted by molar-refractivity contribution is 7.89. The molecule has 36 heavy (non-hydrogen) atoms. The van der Waals surface area contributed by atoms with Crippen molar-refractivity contribution in [2.24, 2.45) is 0 Å². The predicted molar refractivity (Wildman–Crippen MR) is 130 cm³/mol. The van der Waals surface area contributed by atoms with E-state index in [2.05, 4.69) is 0 Å². The molecule has 6 nitrogen and oxygen atoms in total. The van der Waals surface area contributed by atoms with Gasteiger partial charge >= 0.3 is 0 Å². The summed E-state index contributed by atoms with van der Waals surface area (Å²) in [6.07, 6.45) is -4.07. The van der Waals surface area contributed by atoms with Gasteiger partial charge in [0.25, 0.3) is 12.3 Å². The maximum Gasteiger partial charge on any atom is 0.266 e. The number of rotatable bonds is 9. The Labute approximate surface area is 216 Å². The number of carbonyl (C=O) groups is 1. The predicted octanol–water partition coefficient (Wildman–Crippen LogP) is 5.71. The third kappa shape index (κ3) is 6.24. The molecule has 1 amide bonds. The van der Waals surface area contributed by atoms with Crippen LogP contribution in [0.25, 0.3) is 11.1 Å². The molecule has 0 saturated heterocycles. The van der Waals surface area contributed by atoms with Gasteiger partial charge in [-0.2, -0.15) is 0 Å². The van der Waals surface area contributed by atoms with Crippen LogP contribution < -0.4 is 9.46 Å². The zero-order chi connectivity index (χ0) is 31.6. The summed E-state index contributed by atoms with van der Waals surface area (Å²) in [5.41, 5.74) is -1.56. The number of aryl methyl sites for hydroxylation is 1. The lowest BCUT2D eigenvalue weighted by molar-refractivity contribution is 0.0982. The highest BCUT2D eigenvalue weighted by atomic mass is 32.2. The van der Waals surface area contributed by atoms with E-state index in [4.69, 9.17) is 17.7 Å². The molecular formula is C26H26F3NO5S. The molecule has 0 aliphatic carbocycles. The summed E-state index contributed by atoms with van der Waals surface area (Å²) in [4.78, 5) is 13.2. The number of nitrogens with one attached hydrogen (secondary N) is 1. The molecule has 3 aromatic carbocycles. The second-order valence-electron chi connectivity index (χ2n) is 7.83. The van der Waals surface area contributed by atoms with Crippen molar-refractivity contribution < 1.29 is 44.1 Å². The Kier molecular flexibility index (Phi) is 6.12.